The van der Waals surface area contributed by atoms with Crippen molar-refractivity contribution >= 4 is 15.9 Å². The van der Waals surface area contributed by atoms with Crippen LogP contribution >= 0.6 is 15.9 Å². The lowest BCUT2D eigenvalue weighted by molar-refractivity contribution is 0.861. The van der Waals surface area contributed by atoms with Crippen molar-refractivity contribution in [2.45, 2.75) is 26.7 Å². The average molecular weight is 307 g/mol. The summed E-state index contributed by atoms with van der Waals surface area (Å²) in [5.41, 5.74) is 2.79. The molecule has 2 aromatic rings. The Bertz CT molecular complexity index is 619. The van der Waals surface area contributed by atoms with Crippen molar-refractivity contribution in [1.29, 1.82) is 0 Å². The van der Waals surface area contributed by atoms with Crippen LogP contribution in [0.25, 0.3) is 11.4 Å². The van der Waals surface area contributed by atoms with Gasteiger partial charge in [-0.25, -0.2) is 4.98 Å². The third-order valence-electron chi connectivity index (χ3n) is 2.71. The second kappa shape index (κ2) is 5.48. The monoisotopic (exact) mass is 306 g/mol. The molecule has 18 heavy (non-hydrogen) atoms. The number of rotatable bonds is 3. The molecule has 3 nitrogen and oxygen atoms in total. The van der Waals surface area contributed by atoms with Gasteiger partial charge in [0.1, 0.15) is 10.3 Å². The second-order valence-corrected chi connectivity index (χ2v) is 5.09. The van der Waals surface area contributed by atoms with Gasteiger partial charge in [-0.2, -0.15) is 0 Å². The highest BCUT2D eigenvalue weighted by molar-refractivity contribution is 9.10. The van der Waals surface area contributed by atoms with Crippen molar-refractivity contribution in [3.8, 4) is 11.4 Å². The van der Waals surface area contributed by atoms with Crippen LogP contribution in [-0.4, -0.2) is 9.97 Å². The third kappa shape index (κ3) is 2.70. The van der Waals surface area contributed by atoms with Crippen LogP contribution in [0.3, 0.4) is 0 Å². The number of hydrogen-bond acceptors (Lipinski definition) is 2. The molecule has 0 aliphatic heterocycles. The SMILES string of the molecule is CCCc1nc(-c2cccc(C)c2)[nH]c(=O)c1Br. The van der Waals surface area contributed by atoms with E-state index < -0.39 is 0 Å². The third-order valence-corrected chi connectivity index (χ3v) is 3.53. The Labute approximate surface area is 114 Å². The number of halogens is 1. The highest BCUT2D eigenvalue weighted by Gasteiger charge is 2.09. The Morgan fingerprint density at radius 1 is 1.39 bits per heavy atom. The fourth-order valence-electron chi connectivity index (χ4n) is 1.84. The minimum Gasteiger partial charge on any atom is -0.306 e. The van der Waals surface area contributed by atoms with Gasteiger partial charge in [-0.1, -0.05) is 37.1 Å². The lowest BCUT2D eigenvalue weighted by Gasteiger charge is -2.06. The molecule has 1 aromatic heterocycles. The first-order chi connectivity index (χ1) is 8.61. The quantitative estimate of drug-likeness (QED) is 0.944. The van der Waals surface area contributed by atoms with Gasteiger partial charge in [0.2, 0.25) is 0 Å². The Hall–Kier alpha value is -1.42. The van der Waals surface area contributed by atoms with Crippen LogP contribution in [0.2, 0.25) is 0 Å². The van der Waals surface area contributed by atoms with Crippen LogP contribution in [-0.2, 0) is 6.42 Å². The molecular weight excluding hydrogens is 292 g/mol. The fraction of sp³-hybridized carbons (Fsp3) is 0.286. The molecule has 0 atom stereocenters. The lowest BCUT2D eigenvalue weighted by Crippen LogP contribution is -2.13. The van der Waals surface area contributed by atoms with Crippen LogP contribution in [0.5, 0.6) is 0 Å². The van der Waals surface area contributed by atoms with Crippen LogP contribution in [0.4, 0.5) is 0 Å². The molecule has 0 fully saturated rings. The lowest BCUT2D eigenvalue weighted by atomic mass is 10.1. The minimum atomic E-state index is -0.120. The van der Waals surface area contributed by atoms with Gasteiger partial charge < -0.3 is 4.98 Å². The largest absolute Gasteiger partial charge is 0.306 e. The number of aromatic nitrogens is 2. The maximum absolute atomic E-state index is 11.9. The van der Waals surface area contributed by atoms with Gasteiger partial charge in [0.15, 0.2) is 0 Å². The Kier molecular flexibility index (Phi) is 3.97. The normalized spacial score (nSPS) is 10.6. The number of aryl methyl sites for hydroxylation is 2. The molecule has 0 aliphatic rings. The maximum atomic E-state index is 11.9. The molecule has 0 bridgehead atoms. The maximum Gasteiger partial charge on any atom is 0.265 e. The molecular formula is C14H15BrN2O. The number of H-pyrrole nitrogens is 1. The van der Waals surface area contributed by atoms with Gasteiger partial charge in [0.05, 0.1) is 5.69 Å². The summed E-state index contributed by atoms with van der Waals surface area (Å²) in [6, 6.07) is 7.95. The second-order valence-electron chi connectivity index (χ2n) is 4.29. The molecule has 1 heterocycles. The van der Waals surface area contributed by atoms with Crippen molar-refractivity contribution in [3.05, 3.63) is 50.3 Å². The molecule has 0 aliphatic carbocycles. The molecule has 0 radical (unpaired) electrons. The summed E-state index contributed by atoms with van der Waals surface area (Å²) in [6.07, 6.45) is 1.76. The number of aromatic amines is 1. The summed E-state index contributed by atoms with van der Waals surface area (Å²) < 4.78 is 0.542. The predicted molar refractivity (Wildman–Crippen MR) is 76.7 cm³/mol. The molecule has 0 saturated heterocycles. The molecule has 0 unspecified atom stereocenters. The van der Waals surface area contributed by atoms with Gasteiger partial charge >= 0.3 is 0 Å². The zero-order valence-electron chi connectivity index (χ0n) is 10.5. The van der Waals surface area contributed by atoms with E-state index in [0.717, 1.165) is 29.7 Å². The Morgan fingerprint density at radius 3 is 2.83 bits per heavy atom. The smallest absolute Gasteiger partial charge is 0.265 e. The summed E-state index contributed by atoms with van der Waals surface area (Å²) in [5, 5.41) is 0. The molecule has 1 N–H and O–H groups in total. The van der Waals surface area contributed by atoms with Crippen LogP contribution < -0.4 is 5.56 Å². The Balaban J connectivity index is 2.55. The molecule has 94 valence electrons. The van der Waals surface area contributed by atoms with Gasteiger partial charge in [0, 0.05) is 5.56 Å². The summed E-state index contributed by atoms with van der Waals surface area (Å²) >= 11 is 3.30. The van der Waals surface area contributed by atoms with Gasteiger partial charge in [0.25, 0.3) is 5.56 Å². The average Bonchev–Trinajstić information content (AvgIpc) is 2.35. The first-order valence-corrected chi connectivity index (χ1v) is 6.77. The number of hydrogen-bond donors (Lipinski definition) is 1. The summed E-state index contributed by atoms with van der Waals surface area (Å²) in [7, 11) is 0. The minimum absolute atomic E-state index is 0.120. The number of benzene rings is 1. The van der Waals surface area contributed by atoms with E-state index in [9.17, 15) is 4.79 Å². The highest BCUT2D eigenvalue weighted by atomic mass is 79.9. The van der Waals surface area contributed by atoms with Crippen molar-refractivity contribution < 1.29 is 0 Å². The zero-order valence-corrected chi connectivity index (χ0v) is 12.0. The zero-order chi connectivity index (χ0) is 13.1. The Morgan fingerprint density at radius 2 is 2.17 bits per heavy atom. The van der Waals surface area contributed by atoms with Crippen molar-refractivity contribution in [2.24, 2.45) is 0 Å². The summed E-state index contributed by atoms with van der Waals surface area (Å²) in [5.74, 6) is 0.635. The van der Waals surface area contributed by atoms with E-state index in [1.807, 2.05) is 31.2 Å². The van der Waals surface area contributed by atoms with E-state index in [0.29, 0.717) is 10.3 Å². The molecule has 4 heteroatoms. The topological polar surface area (TPSA) is 45.8 Å². The first kappa shape index (κ1) is 13.0. The summed E-state index contributed by atoms with van der Waals surface area (Å²) in [6.45, 7) is 4.09. The van der Waals surface area contributed by atoms with Gasteiger partial charge in [-0.3, -0.25) is 4.79 Å². The van der Waals surface area contributed by atoms with E-state index in [1.165, 1.54) is 0 Å². The van der Waals surface area contributed by atoms with Crippen molar-refractivity contribution in [2.75, 3.05) is 0 Å². The van der Waals surface area contributed by atoms with E-state index in [4.69, 9.17) is 0 Å². The number of nitrogens with zero attached hydrogens (tertiary/aromatic N) is 1. The molecule has 0 amide bonds. The van der Waals surface area contributed by atoms with E-state index in [-0.39, 0.29) is 5.56 Å². The highest BCUT2D eigenvalue weighted by Crippen LogP contribution is 2.18. The summed E-state index contributed by atoms with van der Waals surface area (Å²) in [4.78, 5) is 19.2. The van der Waals surface area contributed by atoms with Gasteiger partial charge in [-0.15, -0.1) is 0 Å². The van der Waals surface area contributed by atoms with Crippen molar-refractivity contribution in [1.82, 2.24) is 9.97 Å². The molecule has 0 saturated carbocycles. The predicted octanol–water partition coefficient (Wildman–Crippen LogP) is 3.46. The van der Waals surface area contributed by atoms with E-state index in [2.05, 4.69) is 32.8 Å². The molecule has 0 spiro atoms. The van der Waals surface area contributed by atoms with Crippen LogP contribution in [0, 0.1) is 6.92 Å². The molecule has 2 rings (SSSR count). The van der Waals surface area contributed by atoms with Crippen molar-refractivity contribution in [3.63, 3.8) is 0 Å². The standard InChI is InChI=1S/C14H15BrN2O/c1-3-5-11-12(15)14(18)17-13(16-11)10-7-4-6-9(2)8-10/h4,6-8H,3,5H2,1-2H3,(H,16,17,18). The van der Waals surface area contributed by atoms with E-state index in [1.54, 1.807) is 0 Å². The molecule has 1 aromatic carbocycles. The van der Waals surface area contributed by atoms with Gasteiger partial charge in [-0.05, 0) is 35.3 Å². The first-order valence-electron chi connectivity index (χ1n) is 5.97. The van der Waals surface area contributed by atoms with Crippen LogP contribution in [0.15, 0.2) is 33.5 Å². The van der Waals surface area contributed by atoms with E-state index >= 15 is 0 Å². The number of nitrogens with one attached hydrogen (secondary N) is 1. The fourth-order valence-corrected chi connectivity index (χ4v) is 2.22. The van der Waals surface area contributed by atoms with Crippen LogP contribution in [0.1, 0.15) is 24.6 Å².